The van der Waals surface area contributed by atoms with Gasteiger partial charge < -0.3 is 15.0 Å². The summed E-state index contributed by atoms with van der Waals surface area (Å²) in [5.41, 5.74) is 4.23. The molecule has 1 aliphatic rings. The van der Waals surface area contributed by atoms with Gasteiger partial charge in [0.15, 0.2) is 0 Å². The van der Waals surface area contributed by atoms with Crippen molar-refractivity contribution in [2.45, 2.75) is 19.0 Å². The lowest BCUT2D eigenvalue weighted by Crippen LogP contribution is -2.43. The number of rotatable bonds is 5. The van der Waals surface area contributed by atoms with Crippen LogP contribution in [0.2, 0.25) is 0 Å². The number of imidazole rings is 1. The first-order valence-electron chi connectivity index (χ1n) is 9.45. The molecule has 10 nitrogen and oxygen atoms in total. The highest BCUT2D eigenvalue weighted by Crippen LogP contribution is 2.31. The molecule has 0 fully saturated rings. The zero-order valence-corrected chi connectivity index (χ0v) is 17.0. The van der Waals surface area contributed by atoms with E-state index in [0.29, 0.717) is 26.2 Å². The molecule has 0 aliphatic carbocycles. The van der Waals surface area contributed by atoms with E-state index in [2.05, 4.69) is 20.1 Å². The van der Waals surface area contributed by atoms with Gasteiger partial charge >= 0.3 is 0 Å². The number of likely N-dealkylation sites (N-methyl/N-ethyl adjacent to an activating group) is 1. The topological polar surface area (TPSA) is 120 Å². The number of aromatic amines is 1. The number of fused-ring (bicyclic) bond motifs is 1. The van der Waals surface area contributed by atoms with Crippen LogP contribution in [0.3, 0.4) is 0 Å². The average molecular weight is 411 g/mol. The van der Waals surface area contributed by atoms with Crippen molar-refractivity contribution in [1.82, 2.24) is 34.5 Å². The highest BCUT2D eigenvalue weighted by atomic mass is 16.3. The normalized spacial score (nSPS) is 15.3. The summed E-state index contributed by atoms with van der Waals surface area (Å²) in [4.78, 5) is 36.9. The van der Waals surface area contributed by atoms with Gasteiger partial charge in [0.2, 0.25) is 5.91 Å². The van der Waals surface area contributed by atoms with Crippen molar-refractivity contribution in [3.63, 3.8) is 0 Å². The van der Waals surface area contributed by atoms with E-state index >= 15 is 0 Å². The zero-order chi connectivity index (χ0) is 21.5. The quantitative estimate of drug-likeness (QED) is 0.597. The summed E-state index contributed by atoms with van der Waals surface area (Å²) in [7, 11) is 3.86. The van der Waals surface area contributed by atoms with E-state index in [4.69, 9.17) is 9.90 Å². The van der Waals surface area contributed by atoms with Crippen LogP contribution in [0.15, 0.2) is 43.2 Å². The number of nitrogens with one attached hydrogen (secondary N) is 1. The van der Waals surface area contributed by atoms with E-state index in [-0.39, 0.29) is 18.3 Å². The minimum absolute atomic E-state index is 0.0446. The fraction of sp³-hybridized carbons (Fsp3) is 0.350. The Bertz CT molecular complexity index is 970. The zero-order valence-electron chi connectivity index (χ0n) is 17.0. The van der Waals surface area contributed by atoms with Crippen LogP contribution in [0, 0.1) is 0 Å². The molecule has 10 heteroatoms. The second-order valence-electron chi connectivity index (χ2n) is 7.17. The SMILES string of the molecule is CN(CC(=O)N1Cc2[nH]cnc2C(c2cnn(C)c2)C1)Cc1ccncc1.O=CO. The van der Waals surface area contributed by atoms with Gasteiger partial charge in [-0.05, 0) is 24.7 Å². The predicted molar refractivity (Wildman–Crippen MR) is 108 cm³/mol. The maximum Gasteiger partial charge on any atom is 0.290 e. The van der Waals surface area contributed by atoms with E-state index in [1.54, 1.807) is 23.4 Å². The Labute approximate surface area is 174 Å². The Hall–Kier alpha value is -3.53. The van der Waals surface area contributed by atoms with E-state index < -0.39 is 0 Å². The highest BCUT2D eigenvalue weighted by Gasteiger charge is 2.32. The van der Waals surface area contributed by atoms with Gasteiger partial charge in [0.05, 0.1) is 37.0 Å². The number of nitrogens with zero attached hydrogens (tertiary/aromatic N) is 6. The van der Waals surface area contributed by atoms with Crippen LogP contribution in [-0.4, -0.2) is 72.2 Å². The van der Waals surface area contributed by atoms with Crippen molar-refractivity contribution in [3.8, 4) is 0 Å². The molecule has 4 rings (SSSR count). The summed E-state index contributed by atoms with van der Waals surface area (Å²) in [5.74, 6) is 0.156. The molecule has 30 heavy (non-hydrogen) atoms. The second kappa shape index (κ2) is 9.79. The molecular weight excluding hydrogens is 386 g/mol. The summed E-state index contributed by atoms with van der Waals surface area (Å²) in [6.07, 6.45) is 9.10. The van der Waals surface area contributed by atoms with Crippen LogP contribution in [0.4, 0.5) is 0 Å². The van der Waals surface area contributed by atoms with Crippen molar-refractivity contribution in [2.75, 3.05) is 20.1 Å². The fourth-order valence-electron chi connectivity index (χ4n) is 3.58. The first-order valence-corrected chi connectivity index (χ1v) is 9.45. The molecule has 3 aromatic rings. The van der Waals surface area contributed by atoms with Gasteiger partial charge in [-0.3, -0.25) is 24.2 Å². The molecule has 3 aromatic heterocycles. The number of hydrogen-bond acceptors (Lipinski definition) is 6. The molecule has 1 unspecified atom stereocenters. The fourth-order valence-corrected chi connectivity index (χ4v) is 3.58. The Balaban J connectivity index is 0.000000806. The Morgan fingerprint density at radius 1 is 1.40 bits per heavy atom. The van der Waals surface area contributed by atoms with Gasteiger partial charge in [-0.15, -0.1) is 0 Å². The summed E-state index contributed by atoms with van der Waals surface area (Å²) in [5, 5.41) is 11.2. The van der Waals surface area contributed by atoms with Crippen LogP contribution >= 0.6 is 0 Å². The molecule has 0 aromatic carbocycles. The number of hydrogen-bond donors (Lipinski definition) is 2. The van der Waals surface area contributed by atoms with E-state index in [1.165, 1.54) is 0 Å². The number of H-pyrrole nitrogens is 1. The molecular formula is C20H25N7O3. The van der Waals surface area contributed by atoms with Gasteiger partial charge in [-0.25, -0.2) is 4.98 Å². The molecule has 0 saturated carbocycles. The Morgan fingerprint density at radius 2 is 2.13 bits per heavy atom. The minimum atomic E-state index is -0.250. The predicted octanol–water partition coefficient (Wildman–Crippen LogP) is 0.845. The summed E-state index contributed by atoms with van der Waals surface area (Å²) in [6, 6.07) is 3.94. The van der Waals surface area contributed by atoms with Crippen molar-refractivity contribution in [3.05, 3.63) is 65.8 Å². The molecule has 1 amide bonds. The molecule has 158 valence electrons. The summed E-state index contributed by atoms with van der Waals surface area (Å²) < 4.78 is 1.78. The van der Waals surface area contributed by atoms with Gasteiger partial charge in [-0.2, -0.15) is 5.10 Å². The third-order valence-corrected chi connectivity index (χ3v) is 4.92. The third-order valence-electron chi connectivity index (χ3n) is 4.92. The molecule has 1 aliphatic heterocycles. The molecule has 1 atom stereocenters. The van der Waals surface area contributed by atoms with E-state index in [1.807, 2.05) is 48.4 Å². The Morgan fingerprint density at radius 3 is 2.80 bits per heavy atom. The van der Waals surface area contributed by atoms with Crippen LogP contribution in [0.5, 0.6) is 0 Å². The maximum atomic E-state index is 12.9. The van der Waals surface area contributed by atoms with Crippen molar-refractivity contribution in [1.29, 1.82) is 0 Å². The number of carboxylic acid groups (broad SMARTS) is 1. The van der Waals surface area contributed by atoms with Crippen LogP contribution in [0.1, 0.15) is 28.4 Å². The second-order valence-corrected chi connectivity index (χ2v) is 7.17. The number of carbonyl (C=O) groups excluding carboxylic acids is 1. The number of aromatic nitrogens is 5. The average Bonchev–Trinajstić information content (AvgIpc) is 3.37. The molecule has 0 spiro atoms. The molecule has 0 saturated heterocycles. The van der Waals surface area contributed by atoms with Crippen molar-refractivity contribution < 1.29 is 14.7 Å². The van der Waals surface area contributed by atoms with Crippen LogP contribution in [-0.2, 0) is 29.7 Å². The minimum Gasteiger partial charge on any atom is -0.483 e. The number of carbonyl (C=O) groups is 2. The lowest BCUT2D eigenvalue weighted by atomic mass is 9.93. The highest BCUT2D eigenvalue weighted by molar-refractivity contribution is 5.78. The number of amides is 1. The third kappa shape index (κ3) is 5.09. The first-order chi connectivity index (χ1) is 14.5. The monoisotopic (exact) mass is 411 g/mol. The summed E-state index contributed by atoms with van der Waals surface area (Å²) in [6.45, 7) is 2.01. The lowest BCUT2D eigenvalue weighted by molar-refractivity contribution is -0.133. The van der Waals surface area contributed by atoms with Crippen LogP contribution in [0.25, 0.3) is 0 Å². The Kier molecular flexibility index (Phi) is 6.91. The maximum absolute atomic E-state index is 12.9. The summed E-state index contributed by atoms with van der Waals surface area (Å²) >= 11 is 0. The molecule has 0 radical (unpaired) electrons. The van der Waals surface area contributed by atoms with Crippen molar-refractivity contribution >= 4 is 12.4 Å². The van der Waals surface area contributed by atoms with Gasteiger partial charge in [0.25, 0.3) is 6.47 Å². The van der Waals surface area contributed by atoms with Gasteiger partial charge in [-0.1, -0.05) is 0 Å². The standard InChI is InChI=1S/C19H23N7O.CH2O2/c1-24(8-14-3-5-20-6-4-14)12-18(27)26-10-16(15-7-23-25(2)9-15)19-17(11-26)21-13-22-19;2-1-3/h3-7,9,13,16H,8,10-12H2,1-2H3,(H,21,22);1H,(H,2,3). The molecule has 0 bridgehead atoms. The van der Waals surface area contributed by atoms with Crippen LogP contribution < -0.4 is 0 Å². The van der Waals surface area contributed by atoms with E-state index in [0.717, 1.165) is 22.5 Å². The van der Waals surface area contributed by atoms with Gasteiger partial charge in [0, 0.05) is 50.2 Å². The van der Waals surface area contributed by atoms with E-state index in [9.17, 15) is 4.79 Å². The number of aryl methyl sites for hydroxylation is 1. The largest absolute Gasteiger partial charge is 0.483 e. The lowest BCUT2D eigenvalue weighted by Gasteiger charge is -2.32. The molecule has 2 N–H and O–H groups in total. The smallest absolute Gasteiger partial charge is 0.290 e. The number of pyridine rings is 1. The van der Waals surface area contributed by atoms with Gasteiger partial charge in [0.1, 0.15) is 0 Å². The van der Waals surface area contributed by atoms with Crippen molar-refractivity contribution in [2.24, 2.45) is 7.05 Å². The first kappa shape index (κ1) is 21.2. The molecule has 4 heterocycles.